The van der Waals surface area contributed by atoms with Gasteiger partial charge in [0, 0.05) is 56.1 Å². The Morgan fingerprint density at radius 2 is 1.83 bits per heavy atom. The van der Waals surface area contributed by atoms with Gasteiger partial charge in [0.05, 0.1) is 18.5 Å². The fourth-order valence-electron chi connectivity index (χ4n) is 3.85. The molecular weight excluding hydrogens is 485 g/mol. The molecule has 1 heterocycles. The van der Waals surface area contributed by atoms with Crippen LogP contribution in [0.25, 0.3) is 0 Å². The van der Waals surface area contributed by atoms with Crippen LogP contribution in [-0.2, 0) is 27.4 Å². The number of rotatable bonds is 14. The van der Waals surface area contributed by atoms with Crippen molar-refractivity contribution in [3.8, 4) is 0 Å². The number of methoxy groups -OCH3 is 1. The summed E-state index contributed by atoms with van der Waals surface area (Å²) in [5.41, 5.74) is 1.28. The van der Waals surface area contributed by atoms with Gasteiger partial charge in [0.2, 0.25) is 11.8 Å². The Labute approximate surface area is 220 Å². The maximum atomic E-state index is 13.5. The number of benzene rings is 1. The van der Waals surface area contributed by atoms with E-state index in [2.05, 4.69) is 18.4 Å². The number of alkyl halides is 1. The molecule has 0 saturated heterocycles. The second-order valence-electron chi connectivity index (χ2n) is 9.98. The van der Waals surface area contributed by atoms with Crippen molar-refractivity contribution in [2.45, 2.75) is 47.2 Å². The molecule has 194 valence electrons. The first-order valence-corrected chi connectivity index (χ1v) is 13.0. The van der Waals surface area contributed by atoms with Crippen molar-refractivity contribution < 1.29 is 14.3 Å². The molecule has 0 saturated carbocycles. The molecule has 35 heavy (non-hydrogen) atoms. The standard InChI is InChI=1S/C27H39Cl2N3O3/c1-21(2)16-32(18-23-11-8-13-30(23)17-22-10-6-7-12-24(22)29)25(33)19-31(14-9-15-35-5)26(34)27(3,4)20-28/h6-8,10-13,21H,9,14-20H2,1-5H3. The molecule has 0 aliphatic carbocycles. The Morgan fingerprint density at radius 3 is 2.46 bits per heavy atom. The fraction of sp³-hybridized carbons (Fsp3) is 0.556. The van der Waals surface area contributed by atoms with Crippen molar-refractivity contribution in [2.75, 3.05) is 39.2 Å². The predicted molar refractivity (Wildman–Crippen MR) is 143 cm³/mol. The first-order valence-electron chi connectivity index (χ1n) is 12.1. The molecule has 0 aliphatic heterocycles. The van der Waals surface area contributed by atoms with Gasteiger partial charge in [0.1, 0.15) is 0 Å². The maximum Gasteiger partial charge on any atom is 0.242 e. The lowest BCUT2D eigenvalue weighted by Crippen LogP contribution is -2.48. The number of ether oxygens (including phenoxy) is 1. The summed E-state index contributed by atoms with van der Waals surface area (Å²) in [4.78, 5) is 30.2. The van der Waals surface area contributed by atoms with Crippen molar-refractivity contribution in [2.24, 2.45) is 11.3 Å². The summed E-state index contributed by atoms with van der Waals surface area (Å²) in [7, 11) is 1.63. The van der Waals surface area contributed by atoms with Crippen molar-refractivity contribution in [1.82, 2.24) is 14.4 Å². The summed E-state index contributed by atoms with van der Waals surface area (Å²) >= 11 is 12.4. The van der Waals surface area contributed by atoms with Crippen LogP contribution in [-0.4, -0.2) is 65.4 Å². The van der Waals surface area contributed by atoms with Crippen LogP contribution in [0.3, 0.4) is 0 Å². The fourth-order valence-corrected chi connectivity index (χ4v) is 4.16. The van der Waals surface area contributed by atoms with Crippen LogP contribution < -0.4 is 0 Å². The molecule has 2 aromatic rings. The van der Waals surface area contributed by atoms with Gasteiger partial charge >= 0.3 is 0 Å². The summed E-state index contributed by atoms with van der Waals surface area (Å²) in [5.74, 6) is 0.262. The number of nitrogens with zero attached hydrogens (tertiary/aromatic N) is 3. The van der Waals surface area contributed by atoms with Gasteiger partial charge in [-0.25, -0.2) is 0 Å². The monoisotopic (exact) mass is 523 g/mol. The molecule has 0 atom stereocenters. The first-order chi connectivity index (χ1) is 16.6. The third kappa shape index (κ3) is 8.85. The van der Waals surface area contributed by atoms with E-state index in [1.54, 1.807) is 12.0 Å². The van der Waals surface area contributed by atoms with Crippen LogP contribution in [0.2, 0.25) is 5.02 Å². The molecule has 0 aliphatic rings. The SMILES string of the molecule is COCCCN(CC(=O)N(Cc1cccn1Cc1ccccc1Cl)CC(C)C)C(=O)C(C)(C)CCl. The lowest BCUT2D eigenvalue weighted by Gasteiger charge is -2.33. The van der Waals surface area contributed by atoms with E-state index in [1.165, 1.54) is 0 Å². The summed E-state index contributed by atoms with van der Waals surface area (Å²) < 4.78 is 7.27. The van der Waals surface area contributed by atoms with E-state index in [9.17, 15) is 9.59 Å². The van der Waals surface area contributed by atoms with E-state index in [0.29, 0.717) is 39.2 Å². The van der Waals surface area contributed by atoms with Gasteiger partial charge in [0.25, 0.3) is 0 Å². The minimum Gasteiger partial charge on any atom is -0.385 e. The number of carbonyl (C=O) groups excluding carboxylic acids is 2. The molecule has 0 fully saturated rings. The molecule has 8 heteroatoms. The molecule has 1 aromatic heterocycles. The van der Waals surface area contributed by atoms with E-state index in [-0.39, 0.29) is 30.2 Å². The van der Waals surface area contributed by atoms with Gasteiger partial charge in [-0.15, -0.1) is 11.6 Å². The number of aromatic nitrogens is 1. The molecule has 0 spiro atoms. The number of halogens is 2. The normalized spacial score (nSPS) is 11.7. The number of amides is 2. The maximum absolute atomic E-state index is 13.5. The van der Waals surface area contributed by atoms with Gasteiger partial charge in [-0.05, 0) is 49.9 Å². The average Bonchev–Trinajstić information content (AvgIpc) is 3.25. The van der Waals surface area contributed by atoms with Crippen molar-refractivity contribution in [3.63, 3.8) is 0 Å². The minimum absolute atomic E-state index is 0.0147. The second-order valence-corrected chi connectivity index (χ2v) is 10.7. The number of hydrogen-bond donors (Lipinski definition) is 0. The number of carbonyl (C=O) groups is 2. The summed E-state index contributed by atoms with van der Waals surface area (Å²) in [6.07, 6.45) is 2.65. The van der Waals surface area contributed by atoms with Gasteiger partial charge in [-0.2, -0.15) is 0 Å². The smallest absolute Gasteiger partial charge is 0.242 e. The average molecular weight is 525 g/mol. The molecule has 2 amide bonds. The van der Waals surface area contributed by atoms with Crippen molar-refractivity contribution in [3.05, 3.63) is 58.9 Å². The molecule has 1 aromatic carbocycles. The van der Waals surface area contributed by atoms with Crippen LogP contribution in [0.5, 0.6) is 0 Å². The molecule has 2 rings (SSSR count). The van der Waals surface area contributed by atoms with Gasteiger partial charge in [0.15, 0.2) is 0 Å². The van der Waals surface area contributed by atoms with Crippen LogP contribution in [0.4, 0.5) is 0 Å². The number of hydrogen-bond acceptors (Lipinski definition) is 3. The summed E-state index contributed by atoms with van der Waals surface area (Å²) in [5, 5.41) is 0.717. The van der Waals surface area contributed by atoms with Crippen LogP contribution >= 0.6 is 23.2 Å². The van der Waals surface area contributed by atoms with E-state index in [1.807, 2.05) is 61.3 Å². The van der Waals surface area contributed by atoms with Crippen LogP contribution in [0, 0.1) is 11.3 Å². The van der Waals surface area contributed by atoms with Gasteiger partial charge < -0.3 is 19.1 Å². The molecule has 0 radical (unpaired) electrons. The van der Waals surface area contributed by atoms with E-state index < -0.39 is 5.41 Å². The zero-order chi connectivity index (χ0) is 26.0. The van der Waals surface area contributed by atoms with E-state index >= 15 is 0 Å². The Balaban J connectivity index is 2.21. The van der Waals surface area contributed by atoms with Crippen LogP contribution in [0.15, 0.2) is 42.6 Å². The third-order valence-electron chi connectivity index (χ3n) is 5.82. The molecule has 6 nitrogen and oxygen atoms in total. The lowest BCUT2D eigenvalue weighted by molar-refractivity contribution is -0.146. The first kappa shape index (κ1) is 29.2. The van der Waals surface area contributed by atoms with E-state index in [4.69, 9.17) is 27.9 Å². The quantitative estimate of drug-likeness (QED) is 0.249. The Morgan fingerprint density at radius 1 is 1.11 bits per heavy atom. The highest BCUT2D eigenvalue weighted by Crippen LogP contribution is 2.22. The highest BCUT2D eigenvalue weighted by Gasteiger charge is 2.33. The van der Waals surface area contributed by atoms with Gasteiger partial charge in [-0.1, -0.05) is 43.6 Å². The lowest BCUT2D eigenvalue weighted by atomic mass is 9.94. The van der Waals surface area contributed by atoms with Crippen LogP contribution in [0.1, 0.15) is 45.4 Å². The van der Waals surface area contributed by atoms with Crippen molar-refractivity contribution in [1.29, 1.82) is 0 Å². The minimum atomic E-state index is -0.749. The van der Waals surface area contributed by atoms with E-state index in [0.717, 1.165) is 16.3 Å². The second kappa shape index (κ2) is 13.9. The summed E-state index contributed by atoms with van der Waals surface area (Å²) in [6, 6.07) is 11.8. The Bertz CT molecular complexity index is 959. The zero-order valence-corrected chi connectivity index (χ0v) is 23.1. The Kier molecular flexibility index (Phi) is 11.6. The summed E-state index contributed by atoms with van der Waals surface area (Å²) in [6.45, 7) is 10.4. The van der Waals surface area contributed by atoms with Gasteiger partial charge in [-0.3, -0.25) is 9.59 Å². The third-order valence-corrected chi connectivity index (χ3v) is 6.85. The molecule has 0 unspecified atom stereocenters. The largest absolute Gasteiger partial charge is 0.385 e. The Hall–Kier alpha value is -2.02. The predicted octanol–water partition coefficient (Wildman–Crippen LogP) is 5.30. The molecular formula is C27H39Cl2N3O3. The van der Waals surface area contributed by atoms with Crippen molar-refractivity contribution >= 4 is 35.0 Å². The highest BCUT2D eigenvalue weighted by atomic mass is 35.5. The highest BCUT2D eigenvalue weighted by molar-refractivity contribution is 6.31. The molecule has 0 bridgehead atoms. The zero-order valence-electron chi connectivity index (χ0n) is 21.6. The molecule has 0 N–H and O–H groups in total. The topological polar surface area (TPSA) is 54.8 Å².